The van der Waals surface area contributed by atoms with E-state index in [0.717, 1.165) is 22.2 Å². The molecule has 0 aliphatic rings. The van der Waals surface area contributed by atoms with Gasteiger partial charge < -0.3 is 4.57 Å². The molecule has 0 saturated heterocycles. The summed E-state index contributed by atoms with van der Waals surface area (Å²) in [5.41, 5.74) is 3.03. The number of aromatic nitrogens is 1. The standard InChI is InChI=1S/C11H15BrN2/c1-5-7(2)11-10(12)9(6-13)8(3)14(11)4/h7H,5H2,1-4H3. The average Bonchev–Trinajstić information content (AvgIpc) is 2.38. The lowest BCUT2D eigenvalue weighted by Crippen LogP contribution is -2.02. The molecule has 0 N–H and O–H groups in total. The van der Waals surface area contributed by atoms with Crippen LogP contribution in [0.2, 0.25) is 0 Å². The lowest BCUT2D eigenvalue weighted by molar-refractivity contribution is 0.655. The first-order valence-electron chi connectivity index (χ1n) is 4.79. The van der Waals surface area contributed by atoms with Crippen molar-refractivity contribution in [1.29, 1.82) is 5.26 Å². The Morgan fingerprint density at radius 3 is 2.50 bits per heavy atom. The van der Waals surface area contributed by atoms with E-state index in [4.69, 9.17) is 5.26 Å². The van der Waals surface area contributed by atoms with Crippen LogP contribution in [0, 0.1) is 18.3 Å². The second-order valence-electron chi connectivity index (χ2n) is 3.64. The SMILES string of the molecule is CCC(C)c1c(Br)c(C#N)c(C)n1C. The molecular weight excluding hydrogens is 240 g/mol. The van der Waals surface area contributed by atoms with E-state index in [-0.39, 0.29) is 0 Å². The minimum Gasteiger partial charge on any atom is -0.349 e. The van der Waals surface area contributed by atoms with E-state index in [1.807, 2.05) is 14.0 Å². The van der Waals surface area contributed by atoms with Crippen LogP contribution in [0.4, 0.5) is 0 Å². The van der Waals surface area contributed by atoms with E-state index in [1.165, 1.54) is 5.69 Å². The number of hydrogen-bond acceptors (Lipinski definition) is 1. The van der Waals surface area contributed by atoms with Crippen molar-refractivity contribution in [3.63, 3.8) is 0 Å². The predicted molar refractivity (Wildman–Crippen MR) is 61.3 cm³/mol. The van der Waals surface area contributed by atoms with Crippen LogP contribution in [0.3, 0.4) is 0 Å². The third kappa shape index (κ3) is 1.59. The fourth-order valence-electron chi connectivity index (χ4n) is 1.65. The van der Waals surface area contributed by atoms with Crippen molar-refractivity contribution in [2.24, 2.45) is 7.05 Å². The van der Waals surface area contributed by atoms with Gasteiger partial charge in [0.05, 0.1) is 10.0 Å². The maximum atomic E-state index is 9.00. The minimum atomic E-state index is 0.482. The lowest BCUT2D eigenvalue weighted by Gasteiger charge is -2.11. The Hall–Kier alpha value is -0.750. The molecular formula is C11H15BrN2. The van der Waals surface area contributed by atoms with Gasteiger partial charge in [-0.05, 0) is 35.2 Å². The Bertz CT molecular complexity index is 385. The van der Waals surface area contributed by atoms with E-state index in [0.29, 0.717) is 5.92 Å². The fraction of sp³-hybridized carbons (Fsp3) is 0.545. The predicted octanol–water partition coefficient (Wildman–Crippen LogP) is 3.48. The molecule has 1 aromatic heterocycles. The summed E-state index contributed by atoms with van der Waals surface area (Å²) in [4.78, 5) is 0. The van der Waals surface area contributed by atoms with Crippen LogP contribution < -0.4 is 0 Å². The molecule has 0 fully saturated rings. The summed E-state index contributed by atoms with van der Waals surface area (Å²) in [6.07, 6.45) is 1.08. The molecule has 1 unspecified atom stereocenters. The number of halogens is 1. The Morgan fingerprint density at radius 1 is 1.57 bits per heavy atom. The zero-order valence-electron chi connectivity index (χ0n) is 9.06. The van der Waals surface area contributed by atoms with Gasteiger partial charge >= 0.3 is 0 Å². The van der Waals surface area contributed by atoms with E-state index in [9.17, 15) is 0 Å². The Balaban J connectivity index is 3.39. The maximum absolute atomic E-state index is 9.00. The van der Waals surface area contributed by atoms with Crippen molar-refractivity contribution in [2.45, 2.75) is 33.1 Å². The van der Waals surface area contributed by atoms with Crippen LogP contribution in [0.25, 0.3) is 0 Å². The molecule has 1 atom stereocenters. The maximum Gasteiger partial charge on any atom is 0.102 e. The normalized spacial score (nSPS) is 12.6. The number of nitriles is 1. The summed E-state index contributed by atoms with van der Waals surface area (Å²) in [5, 5.41) is 9.00. The van der Waals surface area contributed by atoms with E-state index >= 15 is 0 Å². The van der Waals surface area contributed by atoms with Crippen molar-refractivity contribution in [2.75, 3.05) is 0 Å². The molecule has 0 aliphatic carbocycles. The number of nitrogens with zero attached hydrogens (tertiary/aromatic N) is 2. The molecule has 1 rings (SSSR count). The molecule has 0 aliphatic heterocycles. The zero-order chi connectivity index (χ0) is 10.9. The number of rotatable bonds is 2. The second kappa shape index (κ2) is 4.18. The first-order chi connectivity index (χ1) is 6.54. The van der Waals surface area contributed by atoms with Crippen LogP contribution in [0.1, 0.15) is 43.1 Å². The van der Waals surface area contributed by atoms with E-state index < -0.39 is 0 Å². The van der Waals surface area contributed by atoms with E-state index in [1.54, 1.807) is 0 Å². The molecule has 0 amide bonds. The van der Waals surface area contributed by atoms with Crippen LogP contribution in [-0.4, -0.2) is 4.57 Å². The molecule has 0 aromatic carbocycles. The highest BCUT2D eigenvalue weighted by atomic mass is 79.9. The lowest BCUT2D eigenvalue weighted by atomic mass is 10.1. The molecule has 2 nitrogen and oxygen atoms in total. The van der Waals surface area contributed by atoms with Gasteiger partial charge in [-0.15, -0.1) is 0 Å². The first-order valence-corrected chi connectivity index (χ1v) is 5.58. The van der Waals surface area contributed by atoms with Crippen molar-refractivity contribution in [3.8, 4) is 6.07 Å². The Labute approximate surface area is 93.7 Å². The summed E-state index contributed by atoms with van der Waals surface area (Å²) in [6.45, 7) is 6.32. The Kier molecular flexibility index (Phi) is 3.38. The van der Waals surface area contributed by atoms with Gasteiger partial charge in [0.15, 0.2) is 0 Å². The highest BCUT2D eigenvalue weighted by Crippen LogP contribution is 2.33. The van der Waals surface area contributed by atoms with E-state index in [2.05, 4.69) is 40.4 Å². The molecule has 0 bridgehead atoms. The van der Waals surface area contributed by atoms with Crippen molar-refractivity contribution in [3.05, 3.63) is 21.4 Å². The molecule has 0 radical (unpaired) electrons. The van der Waals surface area contributed by atoms with Gasteiger partial charge in [0.2, 0.25) is 0 Å². The third-order valence-electron chi connectivity index (χ3n) is 2.86. The minimum absolute atomic E-state index is 0.482. The van der Waals surface area contributed by atoms with Gasteiger partial charge in [-0.25, -0.2) is 0 Å². The largest absolute Gasteiger partial charge is 0.349 e. The smallest absolute Gasteiger partial charge is 0.102 e. The molecule has 76 valence electrons. The summed E-state index contributed by atoms with van der Waals surface area (Å²) in [5.74, 6) is 0.482. The molecule has 3 heteroatoms. The van der Waals surface area contributed by atoms with Crippen molar-refractivity contribution >= 4 is 15.9 Å². The molecule has 14 heavy (non-hydrogen) atoms. The second-order valence-corrected chi connectivity index (χ2v) is 4.43. The van der Waals surface area contributed by atoms with Crippen LogP contribution in [-0.2, 0) is 7.05 Å². The van der Waals surface area contributed by atoms with Crippen LogP contribution in [0.15, 0.2) is 4.47 Å². The highest BCUT2D eigenvalue weighted by molar-refractivity contribution is 9.10. The Morgan fingerprint density at radius 2 is 2.14 bits per heavy atom. The van der Waals surface area contributed by atoms with Gasteiger partial charge in [0.25, 0.3) is 0 Å². The van der Waals surface area contributed by atoms with Crippen LogP contribution >= 0.6 is 15.9 Å². The fourth-order valence-corrected chi connectivity index (χ4v) is 2.69. The van der Waals surface area contributed by atoms with Gasteiger partial charge in [-0.1, -0.05) is 13.8 Å². The topological polar surface area (TPSA) is 28.7 Å². The molecule has 0 spiro atoms. The summed E-state index contributed by atoms with van der Waals surface area (Å²) >= 11 is 3.51. The zero-order valence-corrected chi connectivity index (χ0v) is 10.6. The summed E-state index contributed by atoms with van der Waals surface area (Å²) < 4.78 is 3.07. The number of hydrogen-bond donors (Lipinski definition) is 0. The average molecular weight is 255 g/mol. The third-order valence-corrected chi connectivity index (χ3v) is 3.66. The first kappa shape index (κ1) is 11.3. The monoisotopic (exact) mass is 254 g/mol. The van der Waals surface area contributed by atoms with Gasteiger partial charge in [0.1, 0.15) is 6.07 Å². The molecule has 0 saturated carbocycles. The van der Waals surface area contributed by atoms with Gasteiger partial charge in [-0.3, -0.25) is 0 Å². The van der Waals surface area contributed by atoms with Crippen molar-refractivity contribution < 1.29 is 0 Å². The summed E-state index contributed by atoms with van der Waals surface area (Å²) in [7, 11) is 2.02. The molecule has 1 aromatic rings. The summed E-state index contributed by atoms with van der Waals surface area (Å²) in [6, 6.07) is 2.24. The van der Waals surface area contributed by atoms with Crippen molar-refractivity contribution in [1.82, 2.24) is 4.57 Å². The quantitative estimate of drug-likeness (QED) is 0.795. The molecule has 1 heterocycles. The van der Waals surface area contributed by atoms with Crippen LogP contribution in [0.5, 0.6) is 0 Å². The van der Waals surface area contributed by atoms with Gasteiger partial charge in [-0.2, -0.15) is 5.26 Å². The highest BCUT2D eigenvalue weighted by Gasteiger charge is 2.19. The van der Waals surface area contributed by atoms with Gasteiger partial charge in [0, 0.05) is 18.4 Å².